The highest BCUT2D eigenvalue weighted by atomic mass is 16.2. The van der Waals surface area contributed by atoms with Crippen LogP contribution >= 0.6 is 0 Å². The first-order valence-corrected chi connectivity index (χ1v) is 12.3. The number of nitriles is 1. The van der Waals surface area contributed by atoms with Crippen molar-refractivity contribution in [3.05, 3.63) is 124 Å². The molecule has 0 fully saturated rings. The summed E-state index contributed by atoms with van der Waals surface area (Å²) in [7, 11) is 0. The second kappa shape index (κ2) is 10.2. The highest BCUT2D eigenvalue weighted by molar-refractivity contribution is 6.19. The van der Waals surface area contributed by atoms with Gasteiger partial charge in [0.2, 0.25) is 0 Å². The quantitative estimate of drug-likeness (QED) is 0.252. The third-order valence-corrected chi connectivity index (χ3v) is 6.72. The Labute approximate surface area is 221 Å². The minimum absolute atomic E-state index is 0.0319. The molecule has 0 saturated carbocycles. The maximum Gasteiger partial charge on any atom is 0.271 e. The summed E-state index contributed by atoms with van der Waals surface area (Å²) < 4.78 is 1.79. The summed E-state index contributed by atoms with van der Waals surface area (Å²) >= 11 is 0. The molecule has 2 amide bonds. The second-order valence-corrected chi connectivity index (χ2v) is 9.38. The molecule has 0 spiro atoms. The maximum atomic E-state index is 13.7. The van der Waals surface area contributed by atoms with Gasteiger partial charge in [-0.2, -0.15) is 10.4 Å². The number of para-hydroxylation sites is 1. The minimum atomic E-state index is -0.578. The summed E-state index contributed by atoms with van der Waals surface area (Å²) in [6.07, 6.45) is 3.63. The molecule has 6 heteroatoms. The van der Waals surface area contributed by atoms with Crippen LogP contribution in [0.1, 0.15) is 29.2 Å². The standard InChI is InChI=1S/C32H26N4O2/c1-21-14-15-22(2)27(16-21)30-25(20-36(34-30)26-12-8-5-9-13-26)17-28-23(3)29(18-33)32(38)35(31(28)37)19-24-10-6-4-7-11-24/h4-17,20H,19H2,1-3H3/b28-17+. The Morgan fingerprint density at radius 2 is 1.58 bits per heavy atom. The molecule has 4 aromatic rings. The molecule has 0 aliphatic carbocycles. The van der Waals surface area contributed by atoms with Crippen molar-refractivity contribution in [2.24, 2.45) is 0 Å². The molecule has 0 saturated heterocycles. The molecule has 38 heavy (non-hydrogen) atoms. The lowest BCUT2D eigenvalue weighted by molar-refractivity contribution is -0.141. The fraction of sp³-hybridized carbons (Fsp3) is 0.125. The van der Waals surface area contributed by atoms with Crippen LogP contribution in [-0.2, 0) is 16.1 Å². The van der Waals surface area contributed by atoms with Gasteiger partial charge < -0.3 is 0 Å². The average molecular weight is 499 g/mol. The Morgan fingerprint density at radius 1 is 0.895 bits per heavy atom. The monoisotopic (exact) mass is 498 g/mol. The zero-order valence-corrected chi connectivity index (χ0v) is 21.5. The molecule has 1 aromatic heterocycles. The largest absolute Gasteiger partial charge is 0.271 e. The van der Waals surface area contributed by atoms with Gasteiger partial charge in [0.15, 0.2) is 0 Å². The van der Waals surface area contributed by atoms with E-state index in [1.165, 1.54) is 0 Å². The fourth-order valence-corrected chi connectivity index (χ4v) is 4.60. The Bertz CT molecular complexity index is 1650. The van der Waals surface area contributed by atoms with E-state index >= 15 is 0 Å². The Kier molecular flexibility index (Phi) is 6.59. The molecule has 0 radical (unpaired) electrons. The van der Waals surface area contributed by atoms with Gasteiger partial charge in [-0.3, -0.25) is 14.5 Å². The van der Waals surface area contributed by atoms with Crippen LogP contribution in [0.3, 0.4) is 0 Å². The average Bonchev–Trinajstić information content (AvgIpc) is 3.35. The molecule has 186 valence electrons. The Balaban J connectivity index is 1.68. The van der Waals surface area contributed by atoms with Crippen molar-refractivity contribution in [3.63, 3.8) is 0 Å². The zero-order valence-electron chi connectivity index (χ0n) is 21.5. The van der Waals surface area contributed by atoms with Crippen LogP contribution in [0.15, 0.2) is 102 Å². The molecule has 0 unspecified atom stereocenters. The van der Waals surface area contributed by atoms with E-state index in [1.807, 2.05) is 92.8 Å². The van der Waals surface area contributed by atoms with Gasteiger partial charge >= 0.3 is 0 Å². The van der Waals surface area contributed by atoms with E-state index in [0.29, 0.717) is 16.8 Å². The van der Waals surface area contributed by atoms with Crippen LogP contribution in [0, 0.1) is 25.2 Å². The topological polar surface area (TPSA) is 79.0 Å². The van der Waals surface area contributed by atoms with Crippen molar-refractivity contribution < 1.29 is 9.59 Å². The first-order valence-electron chi connectivity index (χ1n) is 12.3. The van der Waals surface area contributed by atoms with Crippen molar-refractivity contribution in [3.8, 4) is 23.0 Å². The number of nitrogens with zero attached hydrogens (tertiary/aromatic N) is 4. The highest BCUT2D eigenvalue weighted by Crippen LogP contribution is 2.33. The van der Waals surface area contributed by atoms with E-state index in [1.54, 1.807) is 17.7 Å². The first-order chi connectivity index (χ1) is 18.4. The second-order valence-electron chi connectivity index (χ2n) is 9.38. The summed E-state index contributed by atoms with van der Waals surface area (Å²) in [4.78, 5) is 28.0. The predicted octanol–water partition coefficient (Wildman–Crippen LogP) is 5.95. The van der Waals surface area contributed by atoms with Crippen molar-refractivity contribution in [1.29, 1.82) is 5.26 Å². The van der Waals surface area contributed by atoms with Gasteiger partial charge in [-0.05, 0) is 61.7 Å². The predicted molar refractivity (Wildman–Crippen MR) is 147 cm³/mol. The van der Waals surface area contributed by atoms with Crippen molar-refractivity contribution in [2.75, 3.05) is 0 Å². The summed E-state index contributed by atoms with van der Waals surface area (Å²) in [6, 6.07) is 27.2. The first kappa shape index (κ1) is 24.7. The zero-order chi connectivity index (χ0) is 26.8. The molecule has 6 nitrogen and oxygen atoms in total. The minimum Gasteiger partial charge on any atom is -0.269 e. The van der Waals surface area contributed by atoms with Crippen LogP contribution in [0.25, 0.3) is 23.0 Å². The van der Waals surface area contributed by atoms with E-state index in [9.17, 15) is 14.9 Å². The molecule has 0 atom stereocenters. The Morgan fingerprint density at radius 3 is 2.26 bits per heavy atom. The van der Waals surface area contributed by atoms with Crippen LogP contribution in [0.5, 0.6) is 0 Å². The summed E-state index contributed by atoms with van der Waals surface area (Å²) in [6.45, 7) is 5.79. The van der Waals surface area contributed by atoms with E-state index in [-0.39, 0.29) is 12.1 Å². The number of carbonyl (C=O) groups excluding carboxylic acids is 2. The van der Waals surface area contributed by atoms with Gasteiger partial charge in [0.1, 0.15) is 17.3 Å². The lowest BCUT2D eigenvalue weighted by Crippen LogP contribution is -2.42. The van der Waals surface area contributed by atoms with Crippen molar-refractivity contribution in [1.82, 2.24) is 14.7 Å². The van der Waals surface area contributed by atoms with Crippen LogP contribution in [0.2, 0.25) is 0 Å². The smallest absolute Gasteiger partial charge is 0.269 e. The molecular weight excluding hydrogens is 472 g/mol. The van der Waals surface area contributed by atoms with Crippen molar-refractivity contribution >= 4 is 17.9 Å². The molecule has 1 aliphatic rings. The fourth-order valence-electron chi connectivity index (χ4n) is 4.60. The SMILES string of the molecule is CC1=C(C#N)C(=O)N(Cc2ccccc2)C(=O)/C1=C/c1cn(-c2ccccc2)nc1-c1cc(C)ccc1C. The molecule has 0 bridgehead atoms. The molecule has 3 aromatic carbocycles. The number of carbonyl (C=O) groups is 2. The molecule has 2 heterocycles. The normalized spacial score (nSPS) is 14.8. The number of benzene rings is 3. The number of hydrogen-bond acceptors (Lipinski definition) is 4. The molecular formula is C32H26N4O2. The van der Waals surface area contributed by atoms with E-state index in [0.717, 1.165) is 38.4 Å². The number of aromatic nitrogens is 2. The van der Waals surface area contributed by atoms with E-state index in [4.69, 9.17) is 5.10 Å². The van der Waals surface area contributed by atoms with Gasteiger partial charge in [-0.15, -0.1) is 0 Å². The van der Waals surface area contributed by atoms with E-state index in [2.05, 4.69) is 12.1 Å². The number of aryl methyl sites for hydroxylation is 2. The number of amides is 2. The molecule has 5 rings (SSSR count). The lowest BCUT2D eigenvalue weighted by Gasteiger charge is -2.27. The van der Waals surface area contributed by atoms with Gasteiger partial charge in [0.05, 0.1) is 12.2 Å². The van der Waals surface area contributed by atoms with Gasteiger partial charge in [-0.25, -0.2) is 4.68 Å². The van der Waals surface area contributed by atoms with Crippen LogP contribution in [-0.4, -0.2) is 26.5 Å². The summed E-state index contributed by atoms with van der Waals surface area (Å²) in [5.74, 6) is -1.01. The van der Waals surface area contributed by atoms with Gasteiger partial charge in [0, 0.05) is 22.9 Å². The Hall–Kier alpha value is -5.02. The summed E-state index contributed by atoms with van der Waals surface area (Å²) in [5, 5.41) is 14.7. The summed E-state index contributed by atoms with van der Waals surface area (Å²) in [5.41, 5.74) is 6.85. The van der Waals surface area contributed by atoms with Crippen LogP contribution in [0.4, 0.5) is 0 Å². The highest BCUT2D eigenvalue weighted by Gasteiger charge is 2.35. The van der Waals surface area contributed by atoms with Crippen molar-refractivity contribution in [2.45, 2.75) is 27.3 Å². The van der Waals surface area contributed by atoms with Gasteiger partial charge in [-0.1, -0.05) is 66.2 Å². The molecule has 1 aliphatic heterocycles. The maximum absolute atomic E-state index is 13.7. The number of hydrogen-bond donors (Lipinski definition) is 0. The van der Waals surface area contributed by atoms with Gasteiger partial charge in [0.25, 0.3) is 11.8 Å². The van der Waals surface area contributed by atoms with Crippen LogP contribution < -0.4 is 0 Å². The number of rotatable bonds is 5. The number of imide groups is 1. The lowest BCUT2D eigenvalue weighted by atomic mass is 9.92. The third-order valence-electron chi connectivity index (χ3n) is 6.72. The third kappa shape index (κ3) is 4.58. The molecule has 0 N–H and O–H groups in total. The van der Waals surface area contributed by atoms with E-state index < -0.39 is 11.8 Å².